The lowest BCUT2D eigenvalue weighted by Crippen LogP contribution is -2.13. The highest BCUT2D eigenvalue weighted by Crippen LogP contribution is 2.28. The number of nitrogens with zero attached hydrogens (tertiary/aromatic N) is 1. The number of terminal acetylenes is 1. The predicted molar refractivity (Wildman–Crippen MR) is 84.7 cm³/mol. The van der Waals surface area contributed by atoms with E-state index in [1.165, 1.54) is 0 Å². The van der Waals surface area contributed by atoms with Gasteiger partial charge in [-0.05, 0) is 24.6 Å². The Morgan fingerprint density at radius 3 is 2.90 bits per heavy atom. The molecule has 0 spiro atoms. The van der Waals surface area contributed by atoms with E-state index < -0.39 is 0 Å². The molecule has 0 saturated carbocycles. The molecule has 0 atom stereocenters. The summed E-state index contributed by atoms with van der Waals surface area (Å²) in [6.45, 7) is 3.66. The zero-order valence-corrected chi connectivity index (χ0v) is 13.0. The van der Waals surface area contributed by atoms with Crippen LogP contribution in [0.4, 0.5) is 0 Å². The van der Waals surface area contributed by atoms with Crippen LogP contribution in [0, 0.1) is 19.3 Å². The van der Waals surface area contributed by atoms with E-state index >= 15 is 0 Å². The fraction of sp³-hybridized carbons (Fsp3) is 0.312. The van der Waals surface area contributed by atoms with Crippen LogP contribution in [0.1, 0.15) is 16.3 Å². The fourth-order valence-electron chi connectivity index (χ4n) is 1.85. The molecule has 0 amide bonds. The number of rotatable bonds is 7. The molecule has 0 radical (unpaired) electrons. The molecule has 0 fully saturated rings. The molecule has 0 unspecified atom stereocenters. The molecule has 2 aromatic rings. The second kappa shape index (κ2) is 7.67. The molecule has 5 heteroatoms. The van der Waals surface area contributed by atoms with Gasteiger partial charge < -0.3 is 14.8 Å². The Bertz CT molecular complexity index is 631. The maximum absolute atomic E-state index is 5.77. The van der Waals surface area contributed by atoms with Crippen LogP contribution in [-0.2, 0) is 13.2 Å². The summed E-state index contributed by atoms with van der Waals surface area (Å²) in [5, 5.41) is 6.18. The molecule has 2 rings (SSSR count). The zero-order valence-electron chi connectivity index (χ0n) is 12.2. The standard InChI is InChI=1S/C16H18N2O2S/c1-4-7-17-9-13-5-6-15(16(8-13)19-3)20-10-14-11-21-12(2)18-14/h1,5-6,8,11,17H,7,9-10H2,2-3H3. The van der Waals surface area contributed by atoms with Crippen LogP contribution < -0.4 is 14.8 Å². The van der Waals surface area contributed by atoms with Crippen LogP contribution in [0.5, 0.6) is 11.5 Å². The number of hydrogen-bond acceptors (Lipinski definition) is 5. The zero-order chi connectivity index (χ0) is 15.1. The van der Waals surface area contributed by atoms with Crippen LogP contribution >= 0.6 is 11.3 Å². The van der Waals surface area contributed by atoms with Gasteiger partial charge in [0, 0.05) is 11.9 Å². The van der Waals surface area contributed by atoms with E-state index in [1.54, 1.807) is 18.4 Å². The van der Waals surface area contributed by atoms with Gasteiger partial charge in [0.2, 0.25) is 0 Å². The maximum Gasteiger partial charge on any atom is 0.161 e. The summed E-state index contributed by atoms with van der Waals surface area (Å²) in [6, 6.07) is 5.85. The van der Waals surface area contributed by atoms with E-state index in [1.807, 2.05) is 30.5 Å². The summed E-state index contributed by atoms with van der Waals surface area (Å²) in [5.74, 6) is 3.97. The predicted octanol–water partition coefficient (Wildman–Crippen LogP) is 2.76. The SMILES string of the molecule is C#CCNCc1ccc(OCc2csc(C)n2)c(OC)c1. The van der Waals surface area contributed by atoms with E-state index in [0.29, 0.717) is 31.2 Å². The smallest absolute Gasteiger partial charge is 0.161 e. The molecular formula is C16H18N2O2S. The summed E-state index contributed by atoms with van der Waals surface area (Å²) in [5.41, 5.74) is 2.03. The van der Waals surface area contributed by atoms with Crippen molar-refractivity contribution in [2.75, 3.05) is 13.7 Å². The van der Waals surface area contributed by atoms with Gasteiger partial charge in [0.1, 0.15) is 6.61 Å². The number of ether oxygens (including phenoxy) is 2. The van der Waals surface area contributed by atoms with Gasteiger partial charge in [0.25, 0.3) is 0 Å². The third kappa shape index (κ3) is 4.48. The van der Waals surface area contributed by atoms with Crippen molar-refractivity contribution >= 4 is 11.3 Å². The van der Waals surface area contributed by atoms with Gasteiger partial charge in [-0.25, -0.2) is 4.98 Å². The number of aromatic nitrogens is 1. The molecule has 0 aliphatic rings. The molecule has 0 saturated heterocycles. The minimum atomic E-state index is 0.440. The van der Waals surface area contributed by atoms with Crippen molar-refractivity contribution in [3.8, 4) is 23.8 Å². The lowest BCUT2D eigenvalue weighted by atomic mass is 10.2. The summed E-state index contributed by atoms with van der Waals surface area (Å²) < 4.78 is 11.1. The molecule has 0 aliphatic heterocycles. The Kier molecular flexibility index (Phi) is 5.61. The molecule has 21 heavy (non-hydrogen) atoms. The second-order valence-corrected chi connectivity index (χ2v) is 5.50. The third-order valence-electron chi connectivity index (χ3n) is 2.83. The van der Waals surface area contributed by atoms with E-state index in [0.717, 1.165) is 16.3 Å². The Hall–Kier alpha value is -2.03. The van der Waals surface area contributed by atoms with E-state index in [2.05, 4.69) is 16.2 Å². The molecule has 110 valence electrons. The van der Waals surface area contributed by atoms with Gasteiger partial charge in [-0.3, -0.25) is 0 Å². The molecule has 1 aromatic carbocycles. The number of benzene rings is 1. The Morgan fingerprint density at radius 2 is 2.24 bits per heavy atom. The minimum Gasteiger partial charge on any atom is -0.493 e. The lowest BCUT2D eigenvalue weighted by molar-refractivity contribution is 0.281. The monoisotopic (exact) mass is 302 g/mol. The van der Waals surface area contributed by atoms with Gasteiger partial charge in [-0.15, -0.1) is 17.8 Å². The summed E-state index contributed by atoms with van der Waals surface area (Å²) in [6.07, 6.45) is 5.21. The van der Waals surface area contributed by atoms with Crippen LogP contribution in [0.25, 0.3) is 0 Å². The highest BCUT2D eigenvalue weighted by Gasteiger charge is 2.07. The highest BCUT2D eigenvalue weighted by atomic mass is 32.1. The molecular weight excluding hydrogens is 284 g/mol. The summed E-state index contributed by atoms with van der Waals surface area (Å²) in [7, 11) is 1.63. The number of hydrogen-bond donors (Lipinski definition) is 1. The first kappa shape index (κ1) is 15.4. The van der Waals surface area contributed by atoms with E-state index in [-0.39, 0.29) is 0 Å². The maximum atomic E-state index is 5.77. The van der Waals surface area contributed by atoms with Crippen molar-refractivity contribution in [2.24, 2.45) is 0 Å². The quantitative estimate of drug-likeness (QED) is 0.631. The summed E-state index contributed by atoms with van der Waals surface area (Å²) >= 11 is 1.62. The first-order chi connectivity index (χ1) is 10.2. The molecule has 1 N–H and O–H groups in total. The molecule has 4 nitrogen and oxygen atoms in total. The minimum absolute atomic E-state index is 0.440. The molecule has 1 aromatic heterocycles. The van der Waals surface area contributed by atoms with Crippen molar-refractivity contribution in [3.63, 3.8) is 0 Å². The van der Waals surface area contributed by atoms with Gasteiger partial charge in [-0.1, -0.05) is 12.0 Å². The fourth-order valence-corrected chi connectivity index (χ4v) is 2.44. The van der Waals surface area contributed by atoms with Crippen LogP contribution in [0.15, 0.2) is 23.6 Å². The Balaban J connectivity index is 2.00. The van der Waals surface area contributed by atoms with Crippen molar-refractivity contribution in [2.45, 2.75) is 20.1 Å². The number of aryl methyl sites for hydroxylation is 1. The van der Waals surface area contributed by atoms with Gasteiger partial charge in [0.15, 0.2) is 11.5 Å². The van der Waals surface area contributed by atoms with Crippen LogP contribution in [-0.4, -0.2) is 18.6 Å². The highest BCUT2D eigenvalue weighted by molar-refractivity contribution is 7.09. The first-order valence-corrected chi connectivity index (χ1v) is 7.46. The Labute approximate surface area is 129 Å². The topological polar surface area (TPSA) is 43.4 Å². The summed E-state index contributed by atoms with van der Waals surface area (Å²) in [4.78, 5) is 4.37. The van der Waals surface area contributed by atoms with Crippen molar-refractivity contribution in [3.05, 3.63) is 39.8 Å². The average molecular weight is 302 g/mol. The number of methoxy groups -OCH3 is 1. The first-order valence-electron chi connectivity index (χ1n) is 6.58. The molecule has 0 bridgehead atoms. The van der Waals surface area contributed by atoms with Gasteiger partial charge in [0.05, 0.1) is 24.4 Å². The normalized spacial score (nSPS) is 10.1. The Morgan fingerprint density at radius 1 is 1.38 bits per heavy atom. The van der Waals surface area contributed by atoms with Crippen molar-refractivity contribution < 1.29 is 9.47 Å². The average Bonchev–Trinajstić information content (AvgIpc) is 2.91. The van der Waals surface area contributed by atoms with E-state index in [4.69, 9.17) is 15.9 Å². The van der Waals surface area contributed by atoms with E-state index in [9.17, 15) is 0 Å². The number of thiazole rings is 1. The van der Waals surface area contributed by atoms with Crippen molar-refractivity contribution in [1.82, 2.24) is 10.3 Å². The second-order valence-electron chi connectivity index (χ2n) is 4.44. The lowest BCUT2D eigenvalue weighted by Gasteiger charge is -2.11. The largest absolute Gasteiger partial charge is 0.493 e. The number of nitrogens with one attached hydrogen (secondary N) is 1. The third-order valence-corrected chi connectivity index (χ3v) is 3.65. The van der Waals surface area contributed by atoms with Gasteiger partial charge >= 0.3 is 0 Å². The van der Waals surface area contributed by atoms with Crippen LogP contribution in [0.2, 0.25) is 0 Å². The van der Waals surface area contributed by atoms with Crippen LogP contribution in [0.3, 0.4) is 0 Å². The van der Waals surface area contributed by atoms with Crippen molar-refractivity contribution in [1.29, 1.82) is 0 Å². The molecule has 1 heterocycles. The van der Waals surface area contributed by atoms with Gasteiger partial charge in [-0.2, -0.15) is 0 Å². The molecule has 0 aliphatic carbocycles.